The summed E-state index contributed by atoms with van der Waals surface area (Å²) in [6.45, 7) is 9.28. The Labute approximate surface area is 269 Å². The van der Waals surface area contributed by atoms with Gasteiger partial charge in [-0.2, -0.15) is 0 Å². The van der Waals surface area contributed by atoms with Crippen LogP contribution in [0.3, 0.4) is 0 Å². The van der Waals surface area contributed by atoms with Crippen LogP contribution in [0.25, 0.3) is 0 Å². The van der Waals surface area contributed by atoms with Gasteiger partial charge >= 0.3 is 18.1 Å². The molecule has 3 rings (SSSR count). The minimum Gasteiger partial charge on any atom is -0.465 e. The number of hydrogen-bond donors (Lipinski definition) is 3. The van der Waals surface area contributed by atoms with Crippen LogP contribution in [0.4, 0.5) is 9.59 Å². The van der Waals surface area contributed by atoms with Crippen molar-refractivity contribution in [2.24, 2.45) is 17.6 Å². The second kappa shape index (κ2) is 18.6. The summed E-state index contributed by atoms with van der Waals surface area (Å²) in [6, 6.07) is 8.29. The number of nitrogens with one attached hydrogen (secondary N) is 2. The summed E-state index contributed by atoms with van der Waals surface area (Å²) in [6.07, 6.45) is 7.51. The minimum atomic E-state index is -1.27. The van der Waals surface area contributed by atoms with Crippen LogP contribution in [0.5, 0.6) is 0 Å². The summed E-state index contributed by atoms with van der Waals surface area (Å²) in [5, 5.41) is 7.14. The number of benzene rings is 1. The zero-order valence-corrected chi connectivity index (χ0v) is 28.5. The number of piperidine rings is 1. The average Bonchev–Trinajstić information content (AvgIpc) is 2.97. The lowest BCUT2D eigenvalue weighted by atomic mass is 9.84. The van der Waals surface area contributed by atoms with Gasteiger partial charge in [-0.1, -0.05) is 75.5 Å². The van der Waals surface area contributed by atoms with E-state index < -0.39 is 14.2 Å². The molecule has 44 heavy (non-hydrogen) atoms. The van der Waals surface area contributed by atoms with Crippen LogP contribution in [0.15, 0.2) is 24.3 Å². The van der Waals surface area contributed by atoms with E-state index in [1.165, 1.54) is 32.1 Å². The van der Waals surface area contributed by atoms with Crippen LogP contribution < -0.4 is 16.4 Å². The Morgan fingerprint density at radius 2 is 1.82 bits per heavy atom. The summed E-state index contributed by atoms with van der Waals surface area (Å²) < 4.78 is 16.5. The smallest absolute Gasteiger partial charge is 0.404 e. The third-order valence-electron chi connectivity index (χ3n) is 8.42. The van der Waals surface area contributed by atoms with E-state index in [0.29, 0.717) is 37.2 Å². The topological polar surface area (TPSA) is 132 Å². The number of ether oxygens (including phenoxy) is 3. The molecule has 2 aliphatic rings. The molecule has 4 N–H and O–H groups in total. The van der Waals surface area contributed by atoms with Crippen molar-refractivity contribution in [3.8, 4) is 0 Å². The van der Waals surface area contributed by atoms with Crippen molar-refractivity contribution in [1.82, 2.24) is 15.5 Å². The number of carbonyl (C=O) groups excluding carboxylic acids is 3. The van der Waals surface area contributed by atoms with E-state index in [1.807, 2.05) is 29.2 Å². The third kappa shape index (κ3) is 13.7. The number of amides is 3. The zero-order chi connectivity index (χ0) is 32.0. The molecule has 1 saturated heterocycles. The van der Waals surface area contributed by atoms with Crippen LogP contribution in [-0.2, 0) is 19.0 Å². The molecule has 12 heteroatoms. The molecule has 0 bridgehead atoms. The van der Waals surface area contributed by atoms with Gasteiger partial charge in [-0.15, -0.1) is 0 Å². The molecule has 3 amide bonds. The first kappa shape index (κ1) is 36.1. The fourth-order valence-corrected chi connectivity index (χ4v) is 7.02. The fourth-order valence-electron chi connectivity index (χ4n) is 6.10. The highest BCUT2D eigenvalue weighted by Crippen LogP contribution is 2.34. The molecule has 0 aromatic heterocycles. The van der Waals surface area contributed by atoms with Crippen molar-refractivity contribution in [2.45, 2.75) is 89.2 Å². The summed E-state index contributed by atoms with van der Waals surface area (Å²) in [5.41, 5.74) is 6.02. The van der Waals surface area contributed by atoms with E-state index in [1.54, 1.807) is 0 Å². The molecular weight excluding hydrogens is 600 g/mol. The third-order valence-corrected chi connectivity index (χ3v) is 10.4. The number of nitrogens with zero attached hydrogens (tertiary/aromatic N) is 1. The van der Waals surface area contributed by atoms with Gasteiger partial charge in [-0.3, -0.25) is 4.79 Å². The monoisotopic (exact) mass is 652 g/mol. The molecule has 1 aliphatic heterocycles. The molecule has 1 saturated carbocycles. The maximum Gasteiger partial charge on any atom is 0.404 e. The Hall–Kier alpha value is -2.34. The molecule has 0 radical (unpaired) electrons. The minimum absolute atomic E-state index is 0.0300. The maximum absolute atomic E-state index is 13.6. The Balaban J connectivity index is 1.60. The Morgan fingerprint density at radius 3 is 2.52 bits per heavy atom. The standard InChI is InChI=1S/C32H53ClN4O6Si/c1-44(2,3)18-17-41-29(38)22-35-21-28(19-24-9-5-4-6-10-24)36-32(40)37-14-8-12-26(23-37)30(42-15-16-43-31(34)39)25-11-7-13-27(33)20-25/h7,11,13,20,24,26,28,30,35H,4-6,8-10,12,14-19,21-23H2,1-3H3,(H2,34,39)(H,36,40)/t26-,28+,30?/m1/s1. The number of likely N-dealkylation sites (tertiary alicyclic amines) is 1. The number of primary amides is 1. The quantitative estimate of drug-likeness (QED) is 0.118. The Bertz CT molecular complexity index is 1050. The lowest BCUT2D eigenvalue weighted by Crippen LogP contribution is -2.52. The van der Waals surface area contributed by atoms with Gasteiger partial charge in [0.1, 0.15) is 6.61 Å². The molecule has 1 aliphatic carbocycles. The van der Waals surface area contributed by atoms with E-state index in [0.717, 1.165) is 30.9 Å². The van der Waals surface area contributed by atoms with Crippen molar-refractivity contribution < 1.29 is 28.6 Å². The highest BCUT2D eigenvalue weighted by atomic mass is 35.5. The van der Waals surface area contributed by atoms with Gasteiger partial charge in [0.05, 0.1) is 25.9 Å². The highest BCUT2D eigenvalue weighted by Gasteiger charge is 2.32. The van der Waals surface area contributed by atoms with Crippen molar-refractivity contribution in [3.63, 3.8) is 0 Å². The first-order chi connectivity index (χ1) is 21.0. The predicted molar refractivity (Wildman–Crippen MR) is 175 cm³/mol. The van der Waals surface area contributed by atoms with Crippen molar-refractivity contribution in [2.75, 3.05) is 46.0 Å². The molecule has 2 fully saturated rings. The van der Waals surface area contributed by atoms with E-state index in [9.17, 15) is 14.4 Å². The zero-order valence-electron chi connectivity index (χ0n) is 26.8. The second-order valence-electron chi connectivity index (χ2n) is 13.4. The SMILES string of the molecule is C[Si](C)(C)CCOC(=O)CNC[C@H](CC1CCCCC1)NC(=O)N1CCC[C@@H](C(OCCOC(N)=O)c2cccc(Cl)c2)C1. The molecule has 0 spiro atoms. The summed E-state index contributed by atoms with van der Waals surface area (Å²) in [5.74, 6) is 0.345. The number of esters is 1. The maximum atomic E-state index is 13.6. The van der Waals surface area contributed by atoms with Crippen LogP contribution in [0.2, 0.25) is 30.7 Å². The van der Waals surface area contributed by atoms with E-state index in [4.69, 9.17) is 31.5 Å². The molecule has 1 unspecified atom stereocenters. The first-order valence-electron chi connectivity index (χ1n) is 16.2. The molecule has 10 nitrogen and oxygen atoms in total. The van der Waals surface area contributed by atoms with Crippen LogP contribution in [-0.4, -0.2) is 83.1 Å². The van der Waals surface area contributed by atoms with Crippen molar-refractivity contribution in [1.29, 1.82) is 0 Å². The number of nitrogens with two attached hydrogens (primary N) is 1. The molecule has 248 valence electrons. The van der Waals surface area contributed by atoms with Gasteiger partial charge in [-0.25, -0.2) is 9.59 Å². The summed E-state index contributed by atoms with van der Waals surface area (Å²) >= 11 is 6.30. The highest BCUT2D eigenvalue weighted by molar-refractivity contribution is 6.76. The van der Waals surface area contributed by atoms with Gasteiger partial charge in [-0.05, 0) is 48.9 Å². The van der Waals surface area contributed by atoms with Gasteiger partial charge in [0.2, 0.25) is 0 Å². The molecule has 1 aromatic rings. The first-order valence-corrected chi connectivity index (χ1v) is 20.3. The fraction of sp³-hybridized carbons (Fsp3) is 0.719. The van der Waals surface area contributed by atoms with Gasteiger partial charge < -0.3 is 35.5 Å². The van der Waals surface area contributed by atoms with Gasteiger partial charge in [0.15, 0.2) is 0 Å². The normalized spacial score (nSPS) is 19.2. The van der Waals surface area contributed by atoms with E-state index in [-0.39, 0.29) is 49.8 Å². The lowest BCUT2D eigenvalue weighted by Gasteiger charge is -2.38. The predicted octanol–water partition coefficient (Wildman–Crippen LogP) is 5.72. The van der Waals surface area contributed by atoms with Crippen LogP contribution >= 0.6 is 11.6 Å². The largest absolute Gasteiger partial charge is 0.465 e. The Morgan fingerprint density at radius 1 is 1.05 bits per heavy atom. The lowest BCUT2D eigenvalue weighted by molar-refractivity contribution is -0.142. The number of halogens is 1. The Kier molecular flexibility index (Phi) is 15.3. The van der Waals surface area contributed by atoms with Gasteiger partial charge in [0, 0.05) is 44.7 Å². The molecule has 3 atom stereocenters. The molecule has 1 aromatic carbocycles. The van der Waals surface area contributed by atoms with Crippen LogP contribution in [0.1, 0.15) is 63.0 Å². The molecule has 1 heterocycles. The average molecular weight is 653 g/mol. The van der Waals surface area contributed by atoms with E-state index >= 15 is 0 Å². The van der Waals surface area contributed by atoms with Gasteiger partial charge in [0.25, 0.3) is 0 Å². The van der Waals surface area contributed by atoms with Crippen LogP contribution in [0, 0.1) is 11.8 Å². The summed E-state index contributed by atoms with van der Waals surface area (Å²) in [7, 11) is -1.27. The number of urea groups is 1. The number of rotatable bonds is 16. The number of hydrogen-bond acceptors (Lipinski definition) is 7. The summed E-state index contributed by atoms with van der Waals surface area (Å²) in [4.78, 5) is 38.8. The second-order valence-corrected chi connectivity index (χ2v) is 19.5. The van der Waals surface area contributed by atoms with E-state index in [2.05, 4.69) is 30.3 Å². The number of carbonyl (C=O) groups is 3. The van der Waals surface area contributed by atoms with Crippen molar-refractivity contribution >= 4 is 37.8 Å². The molecular formula is C32H53ClN4O6Si. The van der Waals surface area contributed by atoms with Crippen molar-refractivity contribution in [3.05, 3.63) is 34.9 Å².